The normalized spacial score (nSPS) is 13.2. The summed E-state index contributed by atoms with van der Waals surface area (Å²) in [5.41, 5.74) is 0. The third-order valence-electron chi connectivity index (χ3n) is 13.5. The van der Waals surface area contributed by atoms with Crippen LogP contribution in [0.5, 0.6) is 0 Å². The Morgan fingerprint density at radius 3 is 0.753 bits per heavy atom. The van der Waals surface area contributed by atoms with Crippen molar-refractivity contribution >= 4 is 17.9 Å². The zero-order valence-electron chi connectivity index (χ0n) is 52.2. The second-order valence-corrected chi connectivity index (χ2v) is 21.3. The zero-order valence-corrected chi connectivity index (χ0v) is 52.2. The van der Waals surface area contributed by atoms with Gasteiger partial charge in [0.05, 0.1) is 0 Å². The lowest BCUT2D eigenvalue weighted by Crippen LogP contribution is -2.30. The van der Waals surface area contributed by atoms with Crippen molar-refractivity contribution in [2.45, 2.75) is 284 Å². The van der Waals surface area contributed by atoms with Crippen LogP contribution in [-0.4, -0.2) is 37.2 Å². The predicted octanol–water partition coefficient (Wildman–Crippen LogP) is 22.9. The summed E-state index contributed by atoms with van der Waals surface area (Å²) in [7, 11) is 0. The van der Waals surface area contributed by atoms with E-state index in [0.717, 1.165) is 167 Å². The van der Waals surface area contributed by atoms with Crippen LogP contribution in [-0.2, 0) is 28.6 Å². The molecular weight excluding hydrogens is 997 g/mol. The summed E-state index contributed by atoms with van der Waals surface area (Å²) >= 11 is 0. The van der Waals surface area contributed by atoms with E-state index in [0.29, 0.717) is 19.3 Å². The molecule has 6 heteroatoms. The molecule has 0 amide bonds. The molecule has 0 saturated heterocycles. The van der Waals surface area contributed by atoms with Gasteiger partial charge in [-0.05, 0) is 128 Å². The highest BCUT2D eigenvalue weighted by Gasteiger charge is 2.19. The molecule has 0 aromatic heterocycles. The molecule has 0 fully saturated rings. The Hall–Kier alpha value is -4.97. The van der Waals surface area contributed by atoms with Crippen molar-refractivity contribution in [3.63, 3.8) is 0 Å². The molecule has 0 aliphatic heterocycles. The first-order chi connectivity index (χ1) is 40.0. The minimum atomic E-state index is -0.796. The van der Waals surface area contributed by atoms with Gasteiger partial charge in [-0.25, -0.2) is 0 Å². The van der Waals surface area contributed by atoms with Gasteiger partial charge in [0.2, 0.25) is 0 Å². The van der Waals surface area contributed by atoms with E-state index >= 15 is 0 Å². The molecule has 0 aromatic rings. The Morgan fingerprint density at radius 2 is 0.481 bits per heavy atom. The standard InChI is InChI=1S/C75H120O6/c1-4-7-10-13-16-19-21-23-25-27-29-31-32-33-34-35-36-37-38-39-40-41-42-44-45-47-49-51-53-56-59-62-65-68-74(77)80-71-72(70-79-73(76)67-64-61-58-55-18-15-12-9-6-3)81-75(78)69-66-63-60-57-54-52-50-48-46-43-30-28-26-24-22-20-17-14-11-8-5-2/h7-8,10-11,16-17,19-20,23-26,29-31,33-34,36-37,39-40,42-44,47,49,72H,4-6,9,12-15,18,21-22,27-28,32,35,38,41,45-46,48,50-71H2,1-3H3/b10-7-,11-8-,19-16-,20-17-,25-23-,26-24-,31-29-,34-33-,37-36-,40-39-,43-30-,44-42-,49-47-. The Bertz CT molecular complexity index is 1810. The second-order valence-electron chi connectivity index (χ2n) is 21.3. The number of esters is 3. The maximum atomic E-state index is 12.9. The summed E-state index contributed by atoms with van der Waals surface area (Å²) < 4.78 is 16.9. The molecule has 0 rings (SSSR count). The van der Waals surface area contributed by atoms with Crippen LogP contribution in [0.1, 0.15) is 278 Å². The molecular formula is C75H120O6. The molecule has 1 atom stereocenters. The molecule has 0 radical (unpaired) electrons. The van der Waals surface area contributed by atoms with Crippen LogP contribution in [0.15, 0.2) is 158 Å². The van der Waals surface area contributed by atoms with Gasteiger partial charge in [-0.1, -0.05) is 288 Å². The molecule has 0 saturated carbocycles. The molecule has 0 aliphatic carbocycles. The first-order valence-electron chi connectivity index (χ1n) is 33.0. The summed E-state index contributed by atoms with van der Waals surface area (Å²) in [4.78, 5) is 38.2. The van der Waals surface area contributed by atoms with Crippen LogP contribution in [0.4, 0.5) is 0 Å². The van der Waals surface area contributed by atoms with Crippen LogP contribution in [0, 0.1) is 0 Å². The number of carbonyl (C=O) groups excluding carboxylic acids is 3. The van der Waals surface area contributed by atoms with E-state index < -0.39 is 6.10 Å². The Labute approximate surface area is 499 Å². The average Bonchev–Trinajstić information content (AvgIpc) is 3.47. The quantitative estimate of drug-likeness (QED) is 0.0261. The molecule has 0 aliphatic rings. The summed E-state index contributed by atoms with van der Waals surface area (Å²) in [6.07, 6.45) is 98.3. The van der Waals surface area contributed by atoms with E-state index in [1.165, 1.54) is 70.6 Å². The maximum absolute atomic E-state index is 12.9. The number of unbranched alkanes of at least 4 members (excludes halogenated alkanes) is 21. The second kappa shape index (κ2) is 67.5. The maximum Gasteiger partial charge on any atom is 0.306 e. The Morgan fingerprint density at radius 1 is 0.259 bits per heavy atom. The molecule has 6 nitrogen and oxygen atoms in total. The largest absolute Gasteiger partial charge is 0.462 e. The first-order valence-corrected chi connectivity index (χ1v) is 33.0. The van der Waals surface area contributed by atoms with Crippen LogP contribution in [0.2, 0.25) is 0 Å². The molecule has 0 N–H and O–H groups in total. The van der Waals surface area contributed by atoms with Crippen molar-refractivity contribution in [2.75, 3.05) is 13.2 Å². The minimum Gasteiger partial charge on any atom is -0.462 e. The summed E-state index contributed by atoms with van der Waals surface area (Å²) in [6, 6.07) is 0. The molecule has 81 heavy (non-hydrogen) atoms. The fourth-order valence-electron chi connectivity index (χ4n) is 8.66. The van der Waals surface area contributed by atoms with Gasteiger partial charge in [0.15, 0.2) is 6.10 Å². The number of allylic oxidation sites excluding steroid dienone is 26. The van der Waals surface area contributed by atoms with Crippen LogP contribution >= 0.6 is 0 Å². The van der Waals surface area contributed by atoms with E-state index in [1.807, 2.05) is 0 Å². The van der Waals surface area contributed by atoms with Crippen LogP contribution < -0.4 is 0 Å². The van der Waals surface area contributed by atoms with E-state index in [-0.39, 0.29) is 31.1 Å². The number of hydrogen-bond donors (Lipinski definition) is 0. The fourth-order valence-corrected chi connectivity index (χ4v) is 8.66. The Balaban J connectivity index is 4.29. The molecule has 0 heterocycles. The highest BCUT2D eigenvalue weighted by molar-refractivity contribution is 5.71. The van der Waals surface area contributed by atoms with Crippen molar-refractivity contribution in [3.05, 3.63) is 158 Å². The number of carbonyl (C=O) groups is 3. The van der Waals surface area contributed by atoms with E-state index in [2.05, 4.69) is 179 Å². The SMILES string of the molecule is CC/C=C\C/C=C\C/C=C\C/C=C\C/C=C\C/C=C\C/C=C\C/C=C\C/C=C\CCCCCCCC(=O)OCC(COC(=O)CCCCCCCCCCC)OC(=O)CCCCCCCCCC/C=C\C/C=C\C/C=C\C/C=C\CC. The highest BCUT2D eigenvalue weighted by atomic mass is 16.6. The number of ether oxygens (including phenoxy) is 3. The molecule has 0 bridgehead atoms. The van der Waals surface area contributed by atoms with Crippen molar-refractivity contribution in [3.8, 4) is 0 Å². The molecule has 1 unspecified atom stereocenters. The lowest BCUT2D eigenvalue weighted by molar-refractivity contribution is -0.167. The van der Waals surface area contributed by atoms with Crippen molar-refractivity contribution in [1.29, 1.82) is 0 Å². The monoisotopic (exact) mass is 1120 g/mol. The van der Waals surface area contributed by atoms with Gasteiger partial charge in [0.1, 0.15) is 13.2 Å². The van der Waals surface area contributed by atoms with Gasteiger partial charge in [0.25, 0.3) is 0 Å². The smallest absolute Gasteiger partial charge is 0.306 e. The lowest BCUT2D eigenvalue weighted by Gasteiger charge is -2.18. The predicted molar refractivity (Wildman–Crippen MR) is 352 cm³/mol. The summed E-state index contributed by atoms with van der Waals surface area (Å²) in [5.74, 6) is -0.924. The van der Waals surface area contributed by atoms with Gasteiger partial charge in [-0.15, -0.1) is 0 Å². The third-order valence-corrected chi connectivity index (χ3v) is 13.5. The zero-order chi connectivity index (χ0) is 58.5. The number of rotatable bonds is 58. The van der Waals surface area contributed by atoms with Gasteiger partial charge >= 0.3 is 17.9 Å². The molecule has 0 spiro atoms. The highest BCUT2D eigenvalue weighted by Crippen LogP contribution is 2.15. The van der Waals surface area contributed by atoms with Gasteiger partial charge in [-0.3, -0.25) is 14.4 Å². The lowest BCUT2D eigenvalue weighted by atomic mass is 10.1. The Kier molecular flexibility index (Phi) is 63.4. The van der Waals surface area contributed by atoms with Gasteiger partial charge in [-0.2, -0.15) is 0 Å². The third kappa shape index (κ3) is 65.7. The first kappa shape index (κ1) is 76.0. The molecule has 0 aromatic carbocycles. The summed E-state index contributed by atoms with van der Waals surface area (Å²) in [5, 5.41) is 0. The van der Waals surface area contributed by atoms with E-state index in [9.17, 15) is 14.4 Å². The minimum absolute atomic E-state index is 0.0913. The van der Waals surface area contributed by atoms with Crippen molar-refractivity contribution in [2.24, 2.45) is 0 Å². The van der Waals surface area contributed by atoms with Crippen LogP contribution in [0.25, 0.3) is 0 Å². The topological polar surface area (TPSA) is 78.9 Å². The van der Waals surface area contributed by atoms with E-state index in [4.69, 9.17) is 14.2 Å². The average molecular weight is 1120 g/mol. The van der Waals surface area contributed by atoms with Crippen molar-refractivity contribution in [1.82, 2.24) is 0 Å². The van der Waals surface area contributed by atoms with Gasteiger partial charge < -0.3 is 14.2 Å². The van der Waals surface area contributed by atoms with Crippen molar-refractivity contribution < 1.29 is 28.6 Å². The van der Waals surface area contributed by atoms with E-state index in [1.54, 1.807) is 0 Å². The number of hydrogen-bond acceptors (Lipinski definition) is 6. The van der Waals surface area contributed by atoms with Crippen LogP contribution in [0.3, 0.4) is 0 Å². The van der Waals surface area contributed by atoms with Gasteiger partial charge in [0, 0.05) is 19.3 Å². The fraction of sp³-hybridized carbons (Fsp3) is 0.613. The molecule has 456 valence electrons. The summed E-state index contributed by atoms with van der Waals surface area (Å²) in [6.45, 7) is 6.37.